The number of nitrogens with zero attached hydrogens (tertiary/aromatic N) is 2. The summed E-state index contributed by atoms with van der Waals surface area (Å²) in [6, 6.07) is 3.10. The van der Waals surface area contributed by atoms with Crippen LogP contribution in [0.5, 0.6) is 0 Å². The van der Waals surface area contributed by atoms with Gasteiger partial charge in [-0.3, -0.25) is 0 Å². The van der Waals surface area contributed by atoms with Crippen LogP contribution in [0.4, 0.5) is 4.39 Å². The molecule has 0 N–H and O–H groups in total. The molecule has 0 amide bonds. The first-order valence-electron chi connectivity index (χ1n) is 6.32. The van der Waals surface area contributed by atoms with Gasteiger partial charge in [0.2, 0.25) is 0 Å². The highest BCUT2D eigenvalue weighted by atomic mass is 32.2. The Morgan fingerprint density at radius 3 is 2.88 bits per heavy atom. The highest BCUT2D eigenvalue weighted by molar-refractivity contribution is 7.99. The predicted molar refractivity (Wildman–Crippen MR) is 69.8 cm³/mol. The highest BCUT2D eigenvalue weighted by Gasteiger charge is 2.09. The summed E-state index contributed by atoms with van der Waals surface area (Å²) in [7, 11) is 0. The summed E-state index contributed by atoms with van der Waals surface area (Å²) in [5, 5.41) is 0.533. The molecule has 17 heavy (non-hydrogen) atoms. The Balaban J connectivity index is 1.64. The average Bonchev–Trinajstić information content (AvgIpc) is 2.38. The number of hydrogen-bond acceptors (Lipinski definition) is 3. The van der Waals surface area contributed by atoms with Crippen LogP contribution in [0.3, 0.4) is 0 Å². The van der Waals surface area contributed by atoms with Crippen LogP contribution in [0.1, 0.15) is 25.7 Å². The zero-order valence-electron chi connectivity index (χ0n) is 10.1. The van der Waals surface area contributed by atoms with Crippen molar-refractivity contribution in [3.8, 4) is 0 Å². The summed E-state index contributed by atoms with van der Waals surface area (Å²) < 4.78 is 13.3. The Labute approximate surface area is 107 Å². The minimum absolute atomic E-state index is 0.199. The summed E-state index contributed by atoms with van der Waals surface area (Å²) in [6.45, 7) is 3.62. The van der Waals surface area contributed by atoms with Gasteiger partial charge >= 0.3 is 0 Å². The van der Waals surface area contributed by atoms with Crippen LogP contribution in [0, 0.1) is 5.82 Å². The van der Waals surface area contributed by atoms with Crippen LogP contribution < -0.4 is 0 Å². The molecular formula is C13H19FN2S. The fourth-order valence-electron chi connectivity index (χ4n) is 2.12. The molecule has 0 bridgehead atoms. The maximum atomic E-state index is 13.3. The van der Waals surface area contributed by atoms with Crippen molar-refractivity contribution in [2.75, 3.05) is 25.4 Å². The van der Waals surface area contributed by atoms with Gasteiger partial charge in [-0.1, -0.05) is 6.42 Å². The lowest BCUT2D eigenvalue weighted by molar-refractivity contribution is 0.230. The molecule has 0 aromatic carbocycles. The fraction of sp³-hybridized carbons (Fsp3) is 0.615. The molecule has 1 fully saturated rings. The van der Waals surface area contributed by atoms with E-state index in [0.29, 0.717) is 5.03 Å². The van der Waals surface area contributed by atoms with Crippen molar-refractivity contribution in [1.29, 1.82) is 0 Å². The summed E-state index contributed by atoms with van der Waals surface area (Å²) in [5.41, 5.74) is 0. The lowest BCUT2D eigenvalue weighted by Gasteiger charge is -2.26. The molecule has 0 aliphatic carbocycles. The van der Waals surface area contributed by atoms with E-state index < -0.39 is 0 Å². The molecule has 0 radical (unpaired) electrons. The molecule has 0 spiro atoms. The minimum Gasteiger partial charge on any atom is -0.303 e. The smallest absolute Gasteiger partial charge is 0.155 e. The Kier molecular flexibility index (Phi) is 5.26. The van der Waals surface area contributed by atoms with Crippen molar-refractivity contribution < 1.29 is 4.39 Å². The third-order valence-electron chi connectivity index (χ3n) is 3.03. The van der Waals surface area contributed by atoms with Gasteiger partial charge in [-0.25, -0.2) is 9.37 Å². The van der Waals surface area contributed by atoms with Gasteiger partial charge in [0, 0.05) is 11.9 Å². The second kappa shape index (κ2) is 6.97. The van der Waals surface area contributed by atoms with Crippen molar-refractivity contribution >= 4 is 11.8 Å². The molecule has 2 heterocycles. The molecule has 1 aromatic rings. The van der Waals surface area contributed by atoms with Crippen molar-refractivity contribution in [3.05, 3.63) is 24.1 Å². The summed E-state index contributed by atoms with van der Waals surface area (Å²) in [5.74, 6) is 0.750. The number of hydrogen-bond donors (Lipinski definition) is 0. The van der Waals surface area contributed by atoms with Crippen molar-refractivity contribution in [2.24, 2.45) is 0 Å². The highest BCUT2D eigenvalue weighted by Crippen LogP contribution is 2.19. The second-order valence-electron chi connectivity index (χ2n) is 4.39. The molecule has 94 valence electrons. The molecule has 1 saturated heterocycles. The Hall–Kier alpha value is -0.610. The van der Waals surface area contributed by atoms with E-state index in [1.807, 2.05) is 0 Å². The monoisotopic (exact) mass is 254 g/mol. The zero-order valence-corrected chi connectivity index (χ0v) is 10.9. The van der Waals surface area contributed by atoms with Gasteiger partial charge in [0.25, 0.3) is 0 Å². The van der Waals surface area contributed by atoms with Crippen LogP contribution >= 0.6 is 11.8 Å². The van der Waals surface area contributed by atoms with Crippen molar-refractivity contribution in [1.82, 2.24) is 9.88 Å². The van der Waals surface area contributed by atoms with Gasteiger partial charge in [-0.15, -0.1) is 11.8 Å². The molecular weight excluding hydrogens is 235 g/mol. The van der Waals surface area contributed by atoms with E-state index >= 15 is 0 Å². The van der Waals surface area contributed by atoms with E-state index in [2.05, 4.69) is 9.88 Å². The van der Waals surface area contributed by atoms with Crippen LogP contribution in [-0.4, -0.2) is 35.3 Å². The lowest BCUT2D eigenvalue weighted by Crippen LogP contribution is -2.30. The van der Waals surface area contributed by atoms with Crippen molar-refractivity contribution in [2.45, 2.75) is 30.7 Å². The molecule has 2 nitrogen and oxygen atoms in total. The Morgan fingerprint density at radius 1 is 1.29 bits per heavy atom. The topological polar surface area (TPSA) is 16.1 Å². The molecule has 1 aromatic heterocycles. The molecule has 2 rings (SSSR count). The number of thioether (sulfide) groups is 1. The largest absolute Gasteiger partial charge is 0.303 e. The zero-order chi connectivity index (χ0) is 11.9. The van der Waals surface area contributed by atoms with E-state index in [0.717, 1.165) is 18.7 Å². The van der Waals surface area contributed by atoms with Gasteiger partial charge in [-0.2, -0.15) is 0 Å². The SMILES string of the molecule is Fc1cccnc1SCCCN1CCCCC1. The third-order valence-corrected chi connectivity index (χ3v) is 4.10. The van der Waals surface area contributed by atoms with E-state index in [9.17, 15) is 4.39 Å². The number of halogens is 1. The number of aromatic nitrogens is 1. The number of piperidine rings is 1. The van der Waals surface area contributed by atoms with Crippen LogP contribution in [0.2, 0.25) is 0 Å². The standard InChI is InChI=1S/C13H19FN2S/c14-12-6-4-7-15-13(12)17-11-5-10-16-8-2-1-3-9-16/h4,6-7H,1-3,5,8-11H2. The maximum absolute atomic E-state index is 13.3. The van der Waals surface area contributed by atoms with Gasteiger partial charge < -0.3 is 4.90 Å². The average molecular weight is 254 g/mol. The molecule has 1 aliphatic rings. The third kappa shape index (κ3) is 4.28. The molecule has 4 heteroatoms. The molecule has 1 aliphatic heterocycles. The first-order chi connectivity index (χ1) is 8.36. The van der Waals surface area contributed by atoms with Crippen LogP contribution in [0.25, 0.3) is 0 Å². The van der Waals surface area contributed by atoms with E-state index in [4.69, 9.17) is 0 Å². The van der Waals surface area contributed by atoms with Gasteiger partial charge in [0.1, 0.15) is 5.03 Å². The van der Waals surface area contributed by atoms with Crippen molar-refractivity contribution in [3.63, 3.8) is 0 Å². The first-order valence-corrected chi connectivity index (χ1v) is 7.30. The summed E-state index contributed by atoms with van der Waals surface area (Å²) >= 11 is 1.52. The van der Waals surface area contributed by atoms with E-state index in [1.54, 1.807) is 12.3 Å². The summed E-state index contributed by atoms with van der Waals surface area (Å²) in [4.78, 5) is 6.55. The summed E-state index contributed by atoms with van der Waals surface area (Å²) in [6.07, 6.45) is 6.81. The van der Waals surface area contributed by atoms with Crippen LogP contribution in [-0.2, 0) is 0 Å². The normalized spacial score (nSPS) is 17.2. The molecule has 0 unspecified atom stereocenters. The second-order valence-corrected chi connectivity index (χ2v) is 5.48. The fourth-order valence-corrected chi connectivity index (χ4v) is 2.93. The Morgan fingerprint density at radius 2 is 2.12 bits per heavy atom. The first kappa shape index (κ1) is 12.8. The number of rotatable bonds is 5. The van der Waals surface area contributed by atoms with Gasteiger partial charge in [0.15, 0.2) is 5.82 Å². The number of pyridine rings is 1. The van der Waals surface area contributed by atoms with Crippen LogP contribution in [0.15, 0.2) is 23.4 Å². The van der Waals surface area contributed by atoms with E-state index in [-0.39, 0.29) is 5.82 Å². The lowest BCUT2D eigenvalue weighted by atomic mass is 10.1. The van der Waals surface area contributed by atoms with Gasteiger partial charge in [-0.05, 0) is 51.0 Å². The number of likely N-dealkylation sites (tertiary alicyclic amines) is 1. The molecule has 0 atom stereocenters. The predicted octanol–water partition coefficient (Wildman–Crippen LogP) is 3.19. The van der Waals surface area contributed by atoms with E-state index in [1.165, 1.54) is 50.2 Å². The molecule has 0 saturated carbocycles. The quantitative estimate of drug-likeness (QED) is 0.593. The van der Waals surface area contributed by atoms with Gasteiger partial charge in [0.05, 0.1) is 0 Å². The maximum Gasteiger partial charge on any atom is 0.155 e. The Bertz CT molecular complexity index is 340. The minimum atomic E-state index is -0.199.